The molecule has 2 aromatic carbocycles. The van der Waals surface area contributed by atoms with Crippen LogP contribution >= 0.6 is 11.8 Å². The van der Waals surface area contributed by atoms with Crippen molar-refractivity contribution in [2.45, 2.75) is 11.6 Å². The maximum atomic E-state index is 6.07. The minimum absolute atomic E-state index is 0.492. The van der Waals surface area contributed by atoms with E-state index in [4.69, 9.17) is 29.8 Å². The molecule has 4 rings (SSSR count). The summed E-state index contributed by atoms with van der Waals surface area (Å²) in [5.74, 6) is 3.74. The number of hydrogen-bond donors (Lipinski definition) is 1. The van der Waals surface area contributed by atoms with Gasteiger partial charge in [-0.15, -0.1) is 10.2 Å². The lowest BCUT2D eigenvalue weighted by atomic mass is 10.1. The van der Waals surface area contributed by atoms with E-state index in [0.717, 1.165) is 22.0 Å². The van der Waals surface area contributed by atoms with Gasteiger partial charge in [-0.1, -0.05) is 11.8 Å². The topological polar surface area (TPSA) is 106 Å². The first-order chi connectivity index (χ1) is 15.1. The fourth-order valence-corrected chi connectivity index (χ4v) is 4.21. The Morgan fingerprint density at radius 1 is 0.935 bits per heavy atom. The van der Waals surface area contributed by atoms with Crippen LogP contribution < -0.4 is 24.7 Å². The number of ether oxygens (including phenoxy) is 4. The Morgan fingerprint density at radius 3 is 2.26 bits per heavy atom. The van der Waals surface area contributed by atoms with E-state index in [1.54, 1.807) is 44.9 Å². The first-order valence-electron chi connectivity index (χ1n) is 9.45. The molecule has 0 saturated carbocycles. The second-order valence-corrected chi connectivity index (χ2v) is 7.66. The third-order valence-electron chi connectivity index (χ3n) is 4.89. The molecule has 0 radical (unpaired) electrons. The zero-order chi connectivity index (χ0) is 22.0. The molecule has 10 heteroatoms. The van der Waals surface area contributed by atoms with Crippen molar-refractivity contribution in [3.05, 3.63) is 47.3 Å². The second kappa shape index (κ2) is 8.76. The molecule has 1 aliphatic heterocycles. The SMILES string of the molecule is COc1ccc(C2=Nn3c(Cc4cc(OC)c(OC)c(OC)c4)nnc3SC2)cc1N. The number of rotatable bonds is 7. The lowest BCUT2D eigenvalue weighted by Gasteiger charge is -2.16. The molecule has 162 valence electrons. The number of methoxy groups -OCH3 is 4. The van der Waals surface area contributed by atoms with E-state index in [2.05, 4.69) is 10.2 Å². The molecule has 31 heavy (non-hydrogen) atoms. The van der Waals surface area contributed by atoms with Gasteiger partial charge in [0.25, 0.3) is 0 Å². The molecule has 0 unspecified atom stereocenters. The van der Waals surface area contributed by atoms with Gasteiger partial charge in [-0.2, -0.15) is 9.78 Å². The number of anilines is 1. The van der Waals surface area contributed by atoms with Crippen LogP contribution in [0.25, 0.3) is 0 Å². The smallest absolute Gasteiger partial charge is 0.212 e. The molecule has 2 heterocycles. The number of nitrogen functional groups attached to an aromatic ring is 1. The number of hydrogen-bond acceptors (Lipinski definition) is 9. The number of fused-ring (bicyclic) bond motifs is 1. The molecule has 2 N–H and O–H groups in total. The summed E-state index contributed by atoms with van der Waals surface area (Å²) in [5.41, 5.74) is 9.40. The van der Waals surface area contributed by atoms with Crippen LogP contribution in [0.2, 0.25) is 0 Å². The highest BCUT2D eigenvalue weighted by Crippen LogP contribution is 2.39. The van der Waals surface area contributed by atoms with Crippen LogP contribution in [-0.2, 0) is 6.42 Å². The van der Waals surface area contributed by atoms with Crippen LogP contribution in [-0.4, -0.2) is 54.8 Å². The summed E-state index contributed by atoms with van der Waals surface area (Å²) >= 11 is 1.58. The van der Waals surface area contributed by atoms with Gasteiger partial charge in [0.1, 0.15) is 5.75 Å². The summed E-state index contributed by atoms with van der Waals surface area (Å²) in [6, 6.07) is 9.45. The fraction of sp³-hybridized carbons (Fsp3) is 0.286. The van der Waals surface area contributed by atoms with E-state index < -0.39 is 0 Å². The van der Waals surface area contributed by atoms with E-state index in [-0.39, 0.29) is 0 Å². The fourth-order valence-electron chi connectivity index (χ4n) is 3.35. The Kier molecular flexibility index (Phi) is 5.90. The van der Waals surface area contributed by atoms with Crippen molar-refractivity contribution in [3.63, 3.8) is 0 Å². The minimum atomic E-state index is 0.492. The van der Waals surface area contributed by atoms with Crippen molar-refractivity contribution in [1.29, 1.82) is 0 Å². The Morgan fingerprint density at radius 2 is 1.65 bits per heavy atom. The van der Waals surface area contributed by atoms with Crippen LogP contribution in [0, 0.1) is 0 Å². The molecule has 0 aliphatic carbocycles. The zero-order valence-corrected chi connectivity index (χ0v) is 18.5. The van der Waals surface area contributed by atoms with Crippen LogP contribution in [0.1, 0.15) is 17.0 Å². The van der Waals surface area contributed by atoms with E-state index in [9.17, 15) is 0 Å². The second-order valence-electron chi connectivity index (χ2n) is 6.71. The minimum Gasteiger partial charge on any atom is -0.495 e. The highest BCUT2D eigenvalue weighted by Gasteiger charge is 2.22. The van der Waals surface area contributed by atoms with Crippen molar-refractivity contribution in [2.24, 2.45) is 5.10 Å². The number of nitrogens with zero attached hydrogens (tertiary/aromatic N) is 4. The molecule has 9 nitrogen and oxygen atoms in total. The Labute approximate surface area is 184 Å². The molecule has 0 spiro atoms. The lowest BCUT2D eigenvalue weighted by Crippen LogP contribution is -2.15. The molecule has 0 atom stereocenters. The van der Waals surface area contributed by atoms with Gasteiger partial charge in [-0.25, -0.2) is 0 Å². The maximum Gasteiger partial charge on any atom is 0.212 e. The number of benzene rings is 2. The summed E-state index contributed by atoms with van der Waals surface area (Å²) in [4.78, 5) is 0. The standard InChI is InChI=1S/C21H23N5O4S/c1-27-16-6-5-13(10-14(16)22)15-11-31-21-24-23-19(26(21)25-15)9-12-7-17(28-2)20(30-4)18(8-12)29-3/h5-8,10H,9,11,22H2,1-4H3. The van der Waals surface area contributed by atoms with Gasteiger partial charge in [0.05, 0.1) is 39.8 Å². The van der Waals surface area contributed by atoms with Crippen molar-refractivity contribution in [1.82, 2.24) is 14.9 Å². The van der Waals surface area contributed by atoms with E-state index in [0.29, 0.717) is 46.7 Å². The molecule has 1 aliphatic rings. The molecule has 0 bridgehead atoms. The third kappa shape index (κ3) is 3.98. The number of thioether (sulfide) groups is 1. The first-order valence-corrected chi connectivity index (χ1v) is 10.4. The van der Waals surface area contributed by atoms with Crippen LogP contribution in [0.15, 0.2) is 40.6 Å². The average molecular weight is 442 g/mol. The van der Waals surface area contributed by atoms with Crippen LogP contribution in [0.3, 0.4) is 0 Å². The quantitative estimate of drug-likeness (QED) is 0.558. The molecule has 3 aromatic rings. The summed E-state index contributed by atoms with van der Waals surface area (Å²) in [5, 5.41) is 14.2. The molecular weight excluding hydrogens is 418 g/mol. The summed E-state index contributed by atoms with van der Waals surface area (Å²) < 4.78 is 23.3. The van der Waals surface area contributed by atoms with Gasteiger partial charge in [-0.3, -0.25) is 0 Å². The largest absolute Gasteiger partial charge is 0.495 e. The van der Waals surface area contributed by atoms with Gasteiger partial charge in [0, 0.05) is 17.7 Å². The third-order valence-corrected chi connectivity index (χ3v) is 5.82. The zero-order valence-electron chi connectivity index (χ0n) is 17.7. The average Bonchev–Trinajstić information content (AvgIpc) is 3.20. The lowest BCUT2D eigenvalue weighted by molar-refractivity contribution is 0.324. The number of nitrogens with two attached hydrogens (primary N) is 1. The van der Waals surface area contributed by atoms with Gasteiger partial charge in [0.15, 0.2) is 17.3 Å². The van der Waals surface area contributed by atoms with Crippen molar-refractivity contribution in [3.8, 4) is 23.0 Å². The van der Waals surface area contributed by atoms with E-state index in [1.165, 1.54) is 0 Å². The van der Waals surface area contributed by atoms with Crippen molar-refractivity contribution < 1.29 is 18.9 Å². The molecule has 0 amide bonds. The predicted octanol–water partition coefficient (Wildman–Crippen LogP) is 2.84. The first kappa shape index (κ1) is 20.9. The summed E-state index contributed by atoms with van der Waals surface area (Å²) in [7, 11) is 6.36. The van der Waals surface area contributed by atoms with E-state index >= 15 is 0 Å². The van der Waals surface area contributed by atoms with E-state index in [1.807, 2.05) is 30.3 Å². The Bertz CT molecular complexity index is 1120. The van der Waals surface area contributed by atoms with Crippen molar-refractivity contribution >= 4 is 23.2 Å². The number of aromatic nitrogens is 3. The van der Waals surface area contributed by atoms with Gasteiger partial charge in [-0.05, 0) is 35.9 Å². The van der Waals surface area contributed by atoms with Crippen molar-refractivity contribution in [2.75, 3.05) is 39.9 Å². The van der Waals surface area contributed by atoms with Gasteiger partial charge >= 0.3 is 0 Å². The van der Waals surface area contributed by atoms with Gasteiger partial charge in [0.2, 0.25) is 10.9 Å². The Hall–Kier alpha value is -3.40. The molecule has 0 saturated heterocycles. The van der Waals surface area contributed by atoms with Crippen LogP contribution in [0.4, 0.5) is 5.69 Å². The predicted molar refractivity (Wildman–Crippen MR) is 119 cm³/mol. The van der Waals surface area contributed by atoms with Crippen LogP contribution in [0.5, 0.6) is 23.0 Å². The molecule has 1 aromatic heterocycles. The molecule has 0 fully saturated rings. The summed E-state index contributed by atoms with van der Waals surface area (Å²) in [6.07, 6.45) is 0.492. The Balaban J connectivity index is 1.68. The summed E-state index contributed by atoms with van der Waals surface area (Å²) in [6.45, 7) is 0. The maximum absolute atomic E-state index is 6.07. The van der Waals surface area contributed by atoms with Gasteiger partial charge < -0.3 is 24.7 Å². The monoisotopic (exact) mass is 441 g/mol. The normalized spacial score (nSPS) is 12.7. The highest BCUT2D eigenvalue weighted by atomic mass is 32.2. The highest BCUT2D eigenvalue weighted by molar-refractivity contribution is 7.99. The molecular formula is C21H23N5O4S.